The number of nitrogens with one attached hydrogen (secondary N) is 1. The first kappa shape index (κ1) is 14.0. The van der Waals surface area contributed by atoms with Crippen molar-refractivity contribution < 1.29 is 14.2 Å². The molecule has 98 valence electrons. The highest BCUT2D eigenvalue weighted by molar-refractivity contribution is 5.79. The summed E-state index contributed by atoms with van der Waals surface area (Å²) < 4.78 is 15.5. The molecule has 0 aliphatic heterocycles. The van der Waals surface area contributed by atoms with Crippen molar-refractivity contribution in [1.29, 1.82) is 5.41 Å². The summed E-state index contributed by atoms with van der Waals surface area (Å²) in [6.45, 7) is 2.15. The third kappa shape index (κ3) is 4.08. The van der Waals surface area contributed by atoms with Crippen LogP contribution in [0.25, 0.3) is 0 Å². The van der Waals surface area contributed by atoms with Gasteiger partial charge >= 0.3 is 6.02 Å². The van der Waals surface area contributed by atoms with E-state index in [4.69, 9.17) is 19.6 Å². The van der Waals surface area contributed by atoms with Gasteiger partial charge in [0.2, 0.25) is 0 Å². The number of amidine groups is 1. The third-order valence-electron chi connectivity index (χ3n) is 2.32. The maximum absolute atomic E-state index is 7.33. The second-order valence-corrected chi connectivity index (χ2v) is 3.48. The Morgan fingerprint density at radius 2 is 2.00 bits per heavy atom. The lowest BCUT2D eigenvalue weighted by Gasteiger charge is -2.09. The topological polar surface area (TPSA) is 63.9 Å². The second kappa shape index (κ2) is 7.32. The van der Waals surface area contributed by atoms with Crippen LogP contribution in [-0.4, -0.2) is 33.1 Å². The van der Waals surface area contributed by atoms with Crippen LogP contribution in [0.15, 0.2) is 23.2 Å². The molecule has 0 fully saturated rings. The van der Waals surface area contributed by atoms with Crippen molar-refractivity contribution in [3.05, 3.63) is 23.8 Å². The fourth-order valence-corrected chi connectivity index (χ4v) is 1.46. The van der Waals surface area contributed by atoms with Gasteiger partial charge in [-0.2, -0.15) is 0 Å². The minimum Gasteiger partial charge on any atom is -0.493 e. The average Bonchev–Trinajstić information content (AvgIpc) is 2.38. The standard InChI is InChI=1S/C13H18N2O3/c1-4-15-13(14)18-8-7-10-5-6-11(16-2)12(9-10)17-3/h4-6,9,14H,7-8H2,1-3H3/b14-13?,15-4+. The number of ether oxygens (including phenoxy) is 3. The molecule has 0 saturated heterocycles. The maximum Gasteiger partial charge on any atom is 0.308 e. The lowest BCUT2D eigenvalue weighted by molar-refractivity contribution is 0.301. The maximum atomic E-state index is 7.33. The Labute approximate surface area is 107 Å². The molecule has 0 amide bonds. The summed E-state index contributed by atoms with van der Waals surface area (Å²) in [4.78, 5) is 3.71. The van der Waals surface area contributed by atoms with Gasteiger partial charge in [-0.3, -0.25) is 0 Å². The number of hydrogen-bond donors (Lipinski definition) is 1. The highest BCUT2D eigenvalue weighted by Crippen LogP contribution is 2.27. The summed E-state index contributed by atoms with van der Waals surface area (Å²) in [5.41, 5.74) is 1.06. The van der Waals surface area contributed by atoms with Gasteiger partial charge in [-0.1, -0.05) is 6.07 Å². The number of rotatable bonds is 5. The van der Waals surface area contributed by atoms with Crippen LogP contribution in [0.4, 0.5) is 0 Å². The molecule has 0 aromatic heterocycles. The Balaban J connectivity index is 2.55. The molecule has 0 aliphatic rings. The molecular formula is C13H18N2O3. The lowest BCUT2D eigenvalue weighted by atomic mass is 10.1. The van der Waals surface area contributed by atoms with Crippen LogP contribution in [-0.2, 0) is 11.2 Å². The van der Waals surface area contributed by atoms with Gasteiger partial charge in [0, 0.05) is 12.6 Å². The van der Waals surface area contributed by atoms with Gasteiger partial charge in [-0.05, 0) is 24.6 Å². The van der Waals surface area contributed by atoms with Gasteiger partial charge in [0.25, 0.3) is 0 Å². The zero-order chi connectivity index (χ0) is 13.4. The predicted molar refractivity (Wildman–Crippen MR) is 71.1 cm³/mol. The molecule has 0 heterocycles. The summed E-state index contributed by atoms with van der Waals surface area (Å²) in [5, 5.41) is 7.33. The summed E-state index contributed by atoms with van der Waals surface area (Å²) in [7, 11) is 3.20. The molecule has 0 spiro atoms. The molecule has 5 nitrogen and oxygen atoms in total. The summed E-state index contributed by atoms with van der Waals surface area (Å²) in [6.07, 6.45) is 2.21. The first-order valence-electron chi connectivity index (χ1n) is 5.62. The van der Waals surface area contributed by atoms with Crippen LogP contribution >= 0.6 is 0 Å². The van der Waals surface area contributed by atoms with Crippen molar-refractivity contribution in [2.45, 2.75) is 13.3 Å². The Hall–Kier alpha value is -2.04. The van der Waals surface area contributed by atoms with E-state index >= 15 is 0 Å². The van der Waals surface area contributed by atoms with E-state index in [-0.39, 0.29) is 6.02 Å². The fraction of sp³-hybridized carbons (Fsp3) is 0.385. The molecule has 0 aliphatic carbocycles. The van der Waals surface area contributed by atoms with Crippen molar-refractivity contribution in [1.82, 2.24) is 0 Å². The van der Waals surface area contributed by atoms with Crippen molar-refractivity contribution >= 4 is 12.2 Å². The summed E-state index contributed by atoms with van der Waals surface area (Å²) >= 11 is 0. The van der Waals surface area contributed by atoms with Crippen molar-refractivity contribution in [2.75, 3.05) is 20.8 Å². The van der Waals surface area contributed by atoms with Gasteiger partial charge in [0.05, 0.1) is 20.8 Å². The van der Waals surface area contributed by atoms with Crippen LogP contribution in [0.5, 0.6) is 11.5 Å². The first-order valence-corrected chi connectivity index (χ1v) is 5.62. The van der Waals surface area contributed by atoms with E-state index in [0.717, 1.165) is 5.56 Å². The normalized spacial score (nSPS) is 10.4. The smallest absolute Gasteiger partial charge is 0.308 e. The Bertz CT molecular complexity index is 430. The first-order chi connectivity index (χ1) is 8.71. The number of nitrogens with zero attached hydrogens (tertiary/aromatic N) is 1. The monoisotopic (exact) mass is 250 g/mol. The Kier molecular flexibility index (Phi) is 5.70. The van der Waals surface area contributed by atoms with E-state index in [1.165, 1.54) is 6.21 Å². The highest BCUT2D eigenvalue weighted by atomic mass is 16.5. The van der Waals surface area contributed by atoms with Gasteiger partial charge in [-0.15, -0.1) is 0 Å². The molecule has 0 bridgehead atoms. The van der Waals surface area contributed by atoms with E-state index in [1.54, 1.807) is 21.1 Å². The number of aliphatic imine (C=N–C) groups is 1. The summed E-state index contributed by atoms with van der Waals surface area (Å²) in [5.74, 6) is 1.39. The SMILES string of the molecule is C/C=N/C(=N)OCCc1ccc(OC)c(OC)c1. The third-order valence-corrected chi connectivity index (χ3v) is 2.32. The molecule has 0 saturated carbocycles. The van der Waals surface area contributed by atoms with E-state index < -0.39 is 0 Å². The number of hydrogen-bond acceptors (Lipinski definition) is 4. The molecule has 5 heteroatoms. The quantitative estimate of drug-likeness (QED) is 0.644. The molecule has 1 aromatic rings. The van der Waals surface area contributed by atoms with E-state index in [1.807, 2.05) is 18.2 Å². The Morgan fingerprint density at radius 1 is 1.28 bits per heavy atom. The molecule has 0 radical (unpaired) electrons. The highest BCUT2D eigenvalue weighted by Gasteiger charge is 2.04. The molecular weight excluding hydrogens is 232 g/mol. The Morgan fingerprint density at radius 3 is 2.61 bits per heavy atom. The predicted octanol–water partition coefficient (Wildman–Crippen LogP) is 2.29. The molecule has 0 atom stereocenters. The molecule has 1 rings (SSSR count). The van der Waals surface area contributed by atoms with Crippen molar-refractivity contribution in [3.8, 4) is 11.5 Å². The lowest BCUT2D eigenvalue weighted by Crippen LogP contribution is -2.04. The molecule has 0 unspecified atom stereocenters. The molecule has 1 N–H and O–H groups in total. The van der Waals surface area contributed by atoms with Crippen LogP contribution < -0.4 is 9.47 Å². The minimum absolute atomic E-state index is 0.0713. The van der Waals surface area contributed by atoms with Crippen molar-refractivity contribution in [2.24, 2.45) is 4.99 Å². The number of benzene rings is 1. The van der Waals surface area contributed by atoms with E-state index in [9.17, 15) is 0 Å². The molecule has 18 heavy (non-hydrogen) atoms. The number of methoxy groups -OCH3 is 2. The van der Waals surface area contributed by atoms with Crippen LogP contribution in [0, 0.1) is 5.41 Å². The zero-order valence-corrected chi connectivity index (χ0v) is 10.9. The second-order valence-electron chi connectivity index (χ2n) is 3.48. The zero-order valence-electron chi connectivity index (χ0n) is 10.9. The minimum atomic E-state index is -0.0713. The van der Waals surface area contributed by atoms with E-state index in [2.05, 4.69) is 4.99 Å². The average molecular weight is 250 g/mol. The van der Waals surface area contributed by atoms with Gasteiger partial charge < -0.3 is 14.2 Å². The summed E-state index contributed by atoms with van der Waals surface area (Å²) in [6, 6.07) is 5.62. The van der Waals surface area contributed by atoms with Crippen LogP contribution in [0.3, 0.4) is 0 Å². The van der Waals surface area contributed by atoms with Gasteiger partial charge in [0.15, 0.2) is 11.5 Å². The van der Waals surface area contributed by atoms with Crippen LogP contribution in [0.1, 0.15) is 12.5 Å². The largest absolute Gasteiger partial charge is 0.493 e. The fourth-order valence-electron chi connectivity index (χ4n) is 1.46. The van der Waals surface area contributed by atoms with Crippen molar-refractivity contribution in [3.63, 3.8) is 0 Å². The van der Waals surface area contributed by atoms with Gasteiger partial charge in [0.1, 0.15) is 0 Å². The molecule has 1 aromatic carbocycles. The van der Waals surface area contributed by atoms with E-state index in [0.29, 0.717) is 24.5 Å². The van der Waals surface area contributed by atoms with Gasteiger partial charge in [-0.25, -0.2) is 10.4 Å². The van der Waals surface area contributed by atoms with Crippen LogP contribution in [0.2, 0.25) is 0 Å².